The number of hydrogen-bond acceptors (Lipinski definition) is 9. The van der Waals surface area contributed by atoms with E-state index in [4.69, 9.17) is 25.7 Å². The molecule has 0 aliphatic heterocycles. The largest absolute Gasteiger partial charge is 0.480 e. The molecule has 11 nitrogen and oxygen atoms in total. The second-order valence-corrected chi connectivity index (χ2v) is 8.58. The molecule has 11 heteroatoms. The summed E-state index contributed by atoms with van der Waals surface area (Å²) in [7, 11) is 2.97. The van der Waals surface area contributed by atoms with E-state index in [1.165, 1.54) is 14.2 Å². The van der Waals surface area contributed by atoms with Crippen LogP contribution in [0.2, 0.25) is 0 Å². The number of hydrogen-bond donors (Lipinski definition) is 3. The minimum absolute atomic E-state index is 0.0840. The van der Waals surface area contributed by atoms with Crippen LogP contribution in [0.1, 0.15) is 20.8 Å². The highest BCUT2D eigenvalue weighted by molar-refractivity contribution is 6.01. The molecule has 5 aromatic rings. The number of nitrogens with zero attached hydrogens (tertiary/aromatic N) is 3. The van der Waals surface area contributed by atoms with Crippen molar-refractivity contribution in [1.29, 1.82) is 0 Å². The quantitative estimate of drug-likeness (QED) is 0.247. The van der Waals surface area contributed by atoms with E-state index in [0.717, 1.165) is 10.9 Å². The Balaban J connectivity index is 1.50. The van der Waals surface area contributed by atoms with E-state index >= 15 is 0 Å². The number of nitrogens with two attached hydrogens (primary N) is 2. The average Bonchev–Trinajstić information content (AvgIpc) is 2.96. The van der Waals surface area contributed by atoms with Crippen molar-refractivity contribution in [3.8, 4) is 34.5 Å². The van der Waals surface area contributed by atoms with E-state index < -0.39 is 11.8 Å². The van der Waals surface area contributed by atoms with Gasteiger partial charge < -0.3 is 31.0 Å². The van der Waals surface area contributed by atoms with Crippen LogP contribution in [0.25, 0.3) is 22.0 Å². The Morgan fingerprint density at radius 2 is 1.60 bits per heavy atom. The lowest BCUT2D eigenvalue weighted by Crippen LogP contribution is -2.13. The number of carbonyl (C=O) groups excluding carboxylic acids is 2. The highest BCUT2D eigenvalue weighted by Crippen LogP contribution is 2.34. The monoisotopic (exact) mass is 536 g/mol. The number of benzene rings is 3. The Hall–Kier alpha value is -5.71. The number of amides is 2. The van der Waals surface area contributed by atoms with Crippen molar-refractivity contribution in [2.75, 3.05) is 19.5 Å². The number of aromatic nitrogens is 3. The first-order valence-corrected chi connectivity index (χ1v) is 12.0. The van der Waals surface area contributed by atoms with Gasteiger partial charge in [0.1, 0.15) is 17.2 Å². The van der Waals surface area contributed by atoms with Gasteiger partial charge in [-0.05, 0) is 48.0 Å². The summed E-state index contributed by atoms with van der Waals surface area (Å²) in [6, 6.07) is 21.1. The van der Waals surface area contributed by atoms with Crippen LogP contribution >= 0.6 is 0 Å². The number of rotatable bonds is 9. The fraction of sp³-hybridized carbons (Fsp3) is 0.0690. The molecule has 0 aliphatic rings. The number of anilines is 2. The molecule has 0 spiro atoms. The minimum Gasteiger partial charge on any atom is -0.480 e. The van der Waals surface area contributed by atoms with Crippen LogP contribution in [0.4, 0.5) is 11.4 Å². The molecule has 3 aromatic carbocycles. The maximum atomic E-state index is 12.1. The molecule has 0 atom stereocenters. The van der Waals surface area contributed by atoms with Gasteiger partial charge >= 0.3 is 6.01 Å². The molecule has 0 radical (unpaired) electrons. The molecule has 5 N–H and O–H groups in total. The summed E-state index contributed by atoms with van der Waals surface area (Å²) in [5.74, 6) is 0.0935. The van der Waals surface area contributed by atoms with Gasteiger partial charge in [-0.2, -0.15) is 4.98 Å². The Morgan fingerprint density at radius 3 is 2.33 bits per heavy atom. The summed E-state index contributed by atoms with van der Waals surface area (Å²) in [6.07, 6.45) is 1.59. The van der Waals surface area contributed by atoms with Gasteiger partial charge in [-0.15, -0.1) is 0 Å². The summed E-state index contributed by atoms with van der Waals surface area (Å²) >= 11 is 0. The van der Waals surface area contributed by atoms with Crippen LogP contribution in [-0.4, -0.2) is 41.0 Å². The number of methoxy groups -OCH3 is 2. The van der Waals surface area contributed by atoms with Crippen LogP contribution in [0.3, 0.4) is 0 Å². The summed E-state index contributed by atoms with van der Waals surface area (Å²) in [6.45, 7) is 0. The van der Waals surface area contributed by atoms with E-state index in [0.29, 0.717) is 45.4 Å². The van der Waals surface area contributed by atoms with Gasteiger partial charge in [-0.25, -0.2) is 9.97 Å². The van der Waals surface area contributed by atoms with Crippen molar-refractivity contribution >= 4 is 34.1 Å². The number of nitrogens with one attached hydrogen (secondary N) is 1. The SMILES string of the molecule is COc1ncc(-c2ccc3c(Nc4cccc(Oc5cccc(C(N)=O)c5)c4)cc(C(N)=O)nc3c2)c(OC)n1. The zero-order valence-corrected chi connectivity index (χ0v) is 21.5. The number of ether oxygens (including phenoxy) is 3. The first kappa shape index (κ1) is 25.9. The summed E-state index contributed by atoms with van der Waals surface area (Å²) < 4.78 is 16.4. The van der Waals surface area contributed by atoms with Crippen LogP contribution in [-0.2, 0) is 0 Å². The molecule has 0 bridgehead atoms. The molecule has 0 saturated carbocycles. The normalized spacial score (nSPS) is 10.7. The van der Waals surface area contributed by atoms with Crippen molar-refractivity contribution in [2.24, 2.45) is 11.5 Å². The number of primary amides is 2. The van der Waals surface area contributed by atoms with E-state index in [2.05, 4.69) is 20.3 Å². The third kappa shape index (κ3) is 5.43. The lowest BCUT2D eigenvalue weighted by Gasteiger charge is -2.14. The fourth-order valence-electron chi connectivity index (χ4n) is 4.07. The van der Waals surface area contributed by atoms with E-state index in [9.17, 15) is 9.59 Å². The Bertz CT molecular complexity index is 1760. The molecule has 0 aliphatic carbocycles. The Labute approximate surface area is 228 Å². The van der Waals surface area contributed by atoms with Crippen LogP contribution in [0.15, 0.2) is 79.0 Å². The van der Waals surface area contributed by atoms with Crippen molar-refractivity contribution in [1.82, 2.24) is 15.0 Å². The third-order valence-electron chi connectivity index (χ3n) is 5.95. The van der Waals surface area contributed by atoms with Crippen molar-refractivity contribution < 1.29 is 23.8 Å². The Morgan fingerprint density at radius 1 is 0.825 bits per heavy atom. The van der Waals surface area contributed by atoms with Gasteiger partial charge in [0, 0.05) is 28.9 Å². The number of fused-ring (bicyclic) bond motifs is 1. The second kappa shape index (κ2) is 11.0. The first-order chi connectivity index (χ1) is 19.3. The van der Waals surface area contributed by atoms with E-state index in [-0.39, 0.29) is 11.7 Å². The van der Waals surface area contributed by atoms with Gasteiger partial charge in [0.05, 0.1) is 31.0 Å². The van der Waals surface area contributed by atoms with Crippen molar-refractivity contribution in [2.45, 2.75) is 0 Å². The average molecular weight is 537 g/mol. The molecule has 40 heavy (non-hydrogen) atoms. The van der Waals surface area contributed by atoms with E-state index in [1.54, 1.807) is 54.7 Å². The smallest absolute Gasteiger partial charge is 0.319 e. The molecule has 2 amide bonds. The maximum absolute atomic E-state index is 12.1. The molecule has 0 fully saturated rings. The third-order valence-corrected chi connectivity index (χ3v) is 5.95. The lowest BCUT2D eigenvalue weighted by molar-refractivity contribution is 0.0989. The topological polar surface area (TPSA) is 165 Å². The summed E-state index contributed by atoms with van der Waals surface area (Å²) in [4.78, 5) is 36.5. The Kier molecular flexibility index (Phi) is 7.10. The number of carbonyl (C=O) groups is 2. The zero-order chi connectivity index (χ0) is 28.2. The molecule has 0 unspecified atom stereocenters. The fourth-order valence-corrected chi connectivity index (χ4v) is 4.07. The molecular weight excluding hydrogens is 512 g/mol. The second-order valence-electron chi connectivity index (χ2n) is 8.58. The van der Waals surface area contributed by atoms with Crippen LogP contribution in [0.5, 0.6) is 23.4 Å². The molecule has 2 aromatic heterocycles. The van der Waals surface area contributed by atoms with Gasteiger partial charge in [-0.3, -0.25) is 9.59 Å². The molecule has 2 heterocycles. The summed E-state index contributed by atoms with van der Waals surface area (Å²) in [5, 5.41) is 4.07. The predicted molar refractivity (Wildman–Crippen MR) is 149 cm³/mol. The predicted octanol–water partition coefficient (Wildman–Crippen LogP) is 4.44. The van der Waals surface area contributed by atoms with Gasteiger partial charge in [-0.1, -0.05) is 24.3 Å². The van der Waals surface area contributed by atoms with Crippen molar-refractivity contribution in [3.05, 3.63) is 90.3 Å². The zero-order valence-electron chi connectivity index (χ0n) is 21.5. The number of pyridine rings is 1. The van der Waals surface area contributed by atoms with Gasteiger partial charge in [0.15, 0.2) is 0 Å². The molecule has 5 rings (SSSR count). The molecule has 200 valence electrons. The highest BCUT2D eigenvalue weighted by Gasteiger charge is 2.15. The highest BCUT2D eigenvalue weighted by atomic mass is 16.5. The minimum atomic E-state index is -0.674. The molecule has 0 saturated heterocycles. The van der Waals surface area contributed by atoms with Crippen LogP contribution in [0, 0.1) is 0 Å². The first-order valence-electron chi connectivity index (χ1n) is 12.0. The molecular formula is C29H24N6O5. The van der Waals surface area contributed by atoms with Gasteiger partial charge in [0.2, 0.25) is 11.8 Å². The van der Waals surface area contributed by atoms with Crippen molar-refractivity contribution in [3.63, 3.8) is 0 Å². The summed E-state index contributed by atoms with van der Waals surface area (Å²) in [5.41, 5.74) is 14.6. The lowest BCUT2D eigenvalue weighted by atomic mass is 10.0. The standard InChI is InChI=1S/C29H24N6O5/c1-38-28-22(15-32-29(35-28)39-2)16-9-10-21-23(12-16)34-25(27(31)37)14-24(21)33-18-6-4-8-20(13-18)40-19-7-3-5-17(11-19)26(30)36/h3-15H,1-2H3,(H2,30,36)(H2,31,37)(H,33,34). The van der Waals surface area contributed by atoms with Gasteiger partial charge in [0.25, 0.3) is 5.91 Å². The van der Waals surface area contributed by atoms with E-state index in [1.807, 2.05) is 24.3 Å². The maximum Gasteiger partial charge on any atom is 0.319 e. The van der Waals surface area contributed by atoms with Crippen LogP contribution < -0.4 is 31.0 Å².